The van der Waals surface area contributed by atoms with E-state index >= 15 is 0 Å². The van der Waals surface area contributed by atoms with Crippen LogP contribution in [0.1, 0.15) is 12.8 Å². The first-order chi connectivity index (χ1) is 11.8. The average Bonchev–Trinajstić information content (AvgIpc) is 3.13. The summed E-state index contributed by atoms with van der Waals surface area (Å²) in [6.45, 7) is 6.02. The number of ether oxygens (including phenoxy) is 2. The summed E-state index contributed by atoms with van der Waals surface area (Å²) in [6.07, 6.45) is 2.34. The van der Waals surface area contributed by atoms with Gasteiger partial charge in [-0.15, -0.1) is 0 Å². The van der Waals surface area contributed by atoms with Gasteiger partial charge in [0, 0.05) is 31.6 Å². The van der Waals surface area contributed by atoms with Crippen molar-refractivity contribution >= 4 is 27.6 Å². The molecule has 0 radical (unpaired) electrons. The SMILES string of the molecule is C=C1CN(S(C)(=O)=O)c2nc(N3CCC4(CC3)OCCO4)nc(=O)n21. The molecule has 0 saturated carbocycles. The van der Waals surface area contributed by atoms with Crippen molar-refractivity contribution in [3.05, 3.63) is 17.1 Å². The van der Waals surface area contributed by atoms with Crippen molar-refractivity contribution in [3.63, 3.8) is 0 Å². The first kappa shape index (κ1) is 16.5. The summed E-state index contributed by atoms with van der Waals surface area (Å²) in [5.74, 6) is -0.293. The first-order valence-corrected chi connectivity index (χ1v) is 9.84. The van der Waals surface area contributed by atoms with Gasteiger partial charge < -0.3 is 14.4 Å². The molecular formula is C14H19N5O5S. The van der Waals surface area contributed by atoms with E-state index < -0.39 is 21.5 Å². The van der Waals surface area contributed by atoms with E-state index in [0.717, 1.165) is 15.1 Å². The van der Waals surface area contributed by atoms with Crippen molar-refractivity contribution in [1.29, 1.82) is 0 Å². The Bertz CT molecular complexity index is 879. The van der Waals surface area contributed by atoms with Gasteiger partial charge in [-0.3, -0.25) is 0 Å². The van der Waals surface area contributed by atoms with Crippen molar-refractivity contribution in [2.75, 3.05) is 48.3 Å². The predicted octanol–water partition coefficient (Wildman–Crippen LogP) is -0.768. The van der Waals surface area contributed by atoms with Crippen LogP contribution < -0.4 is 14.9 Å². The Morgan fingerprint density at radius 3 is 2.40 bits per heavy atom. The van der Waals surface area contributed by atoms with Gasteiger partial charge in [-0.25, -0.2) is 22.1 Å². The number of sulfonamides is 1. The van der Waals surface area contributed by atoms with Gasteiger partial charge in [0.1, 0.15) is 0 Å². The van der Waals surface area contributed by atoms with Gasteiger partial charge in [-0.1, -0.05) is 6.58 Å². The molecule has 1 spiro atoms. The van der Waals surface area contributed by atoms with E-state index in [4.69, 9.17) is 9.47 Å². The van der Waals surface area contributed by atoms with Gasteiger partial charge in [-0.05, 0) is 0 Å². The molecule has 0 aromatic carbocycles. The number of nitrogens with zero attached hydrogens (tertiary/aromatic N) is 5. The van der Waals surface area contributed by atoms with E-state index in [1.54, 1.807) is 0 Å². The molecule has 4 heterocycles. The molecule has 0 N–H and O–H groups in total. The van der Waals surface area contributed by atoms with Gasteiger partial charge >= 0.3 is 5.69 Å². The van der Waals surface area contributed by atoms with Crippen LogP contribution in [0, 0.1) is 0 Å². The maximum Gasteiger partial charge on any atom is 0.358 e. The number of aromatic nitrogens is 3. The van der Waals surface area contributed by atoms with E-state index in [-0.39, 0.29) is 18.4 Å². The lowest BCUT2D eigenvalue weighted by molar-refractivity contribution is -0.169. The number of anilines is 2. The van der Waals surface area contributed by atoms with E-state index in [0.29, 0.717) is 44.8 Å². The summed E-state index contributed by atoms with van der Waals surface area (Å²) in [5.41, 5.74) is -0.243. The number of rotatable bonds is 2. The number of hydrogen-bond donors (Lipinski definition) is 0. The van der Waals surface area contributed by atoms with E-state index in [1.807, 2.05) is 4.90 Å². The van der Waals surface area contributed by atoms with Crippen molar-refractivity contribution < 1.29 is 17.9 Å². The third kappa shape index (κ3) is 2.71. The summed E-state index contributed by atoms with van der Waals surface area (Å²) in [7, 11) is -3.57. The van der Waals surface area contributed by atoms with Crippen molar-refractivity contribution in [1.82, 2.24) is 14.5 Å². The molecule has 10 nitrogen and oxygen atoms in total. The first-order valence-electron chi connectivity index (χ1n) is 7.99. The van der Waals surface area contributed by atoms with Crippen LogP contribution >= 0.6 is 0 Å². The van der Waals surface area contributed by atoms with Crippen LogP contribution in [-0.2, 0) is 19.5 Å². The summed E-state index contributed by atoms with van der Waals surface area (Å²) in [5, 5.41) is 0. The molecule has 2 saturated heterocycles. The minimum atomic E-state index is -3.57. The third-order valence-electron chi connectivity index (χ3n) is 4.67. The summed E-state index contributed by atoms with van der Waals surface area (Å²) >= 11 is 0. The second-order valence-electron chi connectivity index (χ2n) is 6.37. The molecule has 4 rings (SSSR count). The van der Waals surface area contributed by atoms with E-state index in [1.165, 1.54) is 0 Å². The highest BCUT2D eigenvalue weighted by Crippen LogP contribution is 2.33. The number of fused-ring (bicyclic) bond motifs is 1. The minimum absolute atomic E-state index is 0.00298. The smallest absolute Gasteiger partial charge is 0.347 e. The van der Waals surface area contributed by atoms with Crippen LogP contribution in [0.4, 0.5) is 11.9 Å². The molecule has 2 fully saturated rings. The van der Waals surface area contributed by atoms with Crippen LogP contribution in [0.15, 0.2) is 11.4 Å². The van der Waals surface area contributed by atoms with Crippen LogP contribution in [-0.4, -0.2) is 67.8 Å². The molecule has 25 heavy (non-hydrogen) atoms. The van der Waals surface area contributed by atoms with Gasteiger partial charge in [-0.2, -0.15) is 9.97 Å². The maximum atomic E-state index is 12.4. The second kappa shape index (κ2) is 5.51. The lowest BCUT2D eigenvalue weighted by atomic mass is 10.0. The van der Waals surface area contributed by atoms with Crippen molar-refractivity contribution in [3.8, 4) is 0 Å². The summed E-state index contributed by atoms with van der Waals surface area (Å²) in [6, 6.07) is 0. The van der Waals surface area contributed by atoms with Gasteiger partial charge in [0.15, 0.2) is 5.79 Å². The molecule has 0 bridgehead atoms. The molecule has 1 aromatic heterocycles. The molecule has 0 aliphatic carbocycles. The maximum absolute atomic E-state index is 12.4. The fraction of sp³-hybridized carbons (Fsp3) is 0.643. The highest BCUT2D eigenvalue weighted by Gasteiger charge is 2.41. The van der Waals surface area contributed by atoms with Gasteiger partial charge in [0.25, 0.3) is 0 Å². The molecule has 11 heteroatoms. The predicted molar refractivity (Wildman–Crippen MR) is 89.9 cm³/mol. The van der Waals surface area contributed by atoms with E-state index in [2.05, 4.69) is 16.5 Å². The molecule has 0 amide bonds. The minimum Gasteiger partial charge on any atom is -0.347 e. The van der Waals surface area contributed by atoms with Crippen LogP contribution in [0.25, 0.3) is 5.70 Å². The lowest BCUT2D eigenvalue weighted by Crippen LogP contribution is -2.46. The summed E-state index contributed by atoms with van der Waals surface area (Å²) < 4.78 is 37.5. The average molecular weight is 369 g/mol. The zero-order chi connectivity index (χ0) is 17.8. The third-order valence-corrected chi connectivity index (χ3v) is 5.77. The Morgan fingerprint density at radius 1 is 1.16 bits per heavy atom. The molecular weight excluding hydrogens is 350 g/mol. The largest absolute Gasteiger partial charge is 0.358 e. The van der Waals surface area contributed by atoms with Gasteiger partial charge in [0.2, 0.25) is 21.9 Å². The molecule has 0 atom stereocenters. The quantitative estimate of drug-likeness (QED) is 0.669. The highest BCUT2D eigenvalue weighted by molar-refractivity contribution is 7.92. The summed E-state index contributed by atoms with van der Waals surface area (Å²) in [4.78, 5) is 22.5. The highest BCUT2D eigenvalue weighted by atomic mass is 32.2. The lowest BCUT2D eigenvalue weighted by Gasteiger charge is -2.37. The number of piperidine rings is 1. The topological polar surface area (TPSA) is 107 Å². The number of hydrogen-bond acceptors (Lipinski definition) is 8. The molecule has 0 unspecified atom stereocenters. The zero-order valence-electron chi connectivity index (χ0n) is 13.8. The second-order valence-corrected chi connectivity index (χ2v) is 8.28. The standard InChI is InChI=1S/C14H19N5O5S/c1-10-9-18(25(2,21)22)12-15-11(16-13(20)19(10)12)17-5-3-14(4-6-17)23-7-8-24-14/h1,3-9H2,2H3. The van der Waals surface area contributed by atoms with E-state index in [9.17, 15) is 13.2 Å². The molecule has 136 valence electrons. The molecule has 3 aliphatic rings. The van der Waals surface area contributed by atoms with Crippen molar-refractivity contribution in [2.24, 2.45) is 0 Å². The van der Waals surface area contributed by atoms with Crippen LogP contribution in [0.3, 0.4) is 0 Å². The Balaban J connectivity index is 1.66. The normalized spacial score (nSPS) is 22.7. The Hall–Kier alpha value is -1.98. The molecule has 1 aromatic rings. The van der Waals surface area contributed by atoms with Crippen LogP contribution in [0.5, 0.6) is 0 Å². The zero-order valence-corrected chi connectivity index (χ0v) is 14.7. The Morgan fingerprint density at radius 2 is 1.80 bits per heavy atom. The van der Waals surface area contributed by atoms with Crippen LogP contribution in [0.2, 0.25) is 0 Å². The monoisotopic (exact) mass is 369 g/mol. The Labute approximate surface area is 144 Å². The molecule has 3 aliphatic heterocycles. The van der Waals surface area contributed by atoms with Gasteiger partial charge in [0.05, 0.1) is 26.0 Å². The van der Waals surface area contributed by atoms with Crippen molar-refractivity contribution in [2.45, 2.75) is 18.6 Å². The Kier molecular flexibility index (Phi) is 3.63. The fourth-order valence-corrected chi connectivity index (χ4v) is 4.18. The fourth-order valence-electron chi connectivity index (χ4n) is 3.38.